The van der Waals surface area contributed by atoms with E-state index in [0.717, 1.165) is 22.2 Å². The number of amides is 1. The van der Waals surface area contributed by atoms with Gasteiger partial charge in [-0.1, -0.05) is 78.9 Å². The van der Waals surface area contributed by atoms with Crippen molar-refractivity contribution in [3.63, 3.8) is 0 Å². The Morgan fingerprint density at radius 2 is 1.50 bits per heavy atom. The Kier molecular flexibility index (Phi) is 9.70. The van der Waals surface area contributed by atoms with E-state index in [2.05, 4.69) is 14.7 Å². The van der Waals surface area contributed by atoms with E-state index in [-0.39, 0.29) is 17.7 Å². The van der Waals surface area contributed by atoms with E-state index in [1.165, 1.54) is 0 Å². The maximum Gasteiger partial charge on any atom is 0.490 e. The van der Waals surface area contributed by atoms with E-state index in [9.17, 15) is 34.8 Å². The number of nitrogens with zero attached hydrogens (tertiary/aromatic N) is 1. The molecule has 1 aliphatic rings. The number of H-pyrrole nitrogens is 1. The Bertz CT molecular complexity index is 2120. The fourth-order valence-corrected chi connectivity index (χ4v) is 7.62. The molecule has 250 valence electrons. The monoisotopic (exact) mass is 700 g/mol. The third-order valence-electron chi connectivity index (χ3n) is 7.34. The second kappa shape index (κ2) is 13.6. The number of carboxylic acid groups (broad SMARTS) is 1. The summed E-state index contributed by atoms with van der Waals surface area (Å²) < 4.78 is 88.2. The molecule has 4 aromatic carbocycles. The summed E-state index contributed by atoms with van der Waals surface area (Å²) >= 11 is 0. The van der Waals surface area contributed by atoms with Gasteiger partial charge in [0.05, 0.1) is 28.4 Å². The number of halogens is 3. The van der Waals surface area contributed by atoms with Crippen molar-refractivity contribution in [1.82, 2.24) is 19.4 Å². The smallest absolute Gasteiger partial charge is 0.475 e. The molecule has 4 N–H and O–H groups in total. The van der Waals surface area contributed by atoms with Gasteiger partial charge in [0.2, 0.25) is 26.0 Å². The zero-order valence-corrected chi connectivity index (χ0v) is 26.3. The molecule has 1 aromatic heterocycles. The molecule has 0 saturated carbocycles. The van der Waals surface area contributed by atoms with Gasteiger partial charge in [-0.05, 0) is 52.9 Å². The zero-order valence-electron chi connectivity index (χ0n) is 24.7. The summed E-state index contributed by atoms with van der Waals surface area (Å²) in [5.41, 5.74) is 4.62. The first-order valence-electron chi connectivity index (χ1n) is 14.2. The second-order valence-corrected chi connectivity index (χ2v) is 14.3. The molecule has 2 heterocycles. The van der Waals surface area contributed by atoms with E-state index < -0.39 is 49.4 Å². The first kappa shape index (κ1) is 34.3. The molecule has 16 heteroatoms. The Morgan fingerprint density at radius 3 is 2.06 bits per heavy atom. The lowest BCUT2D eigenvalue weighted by molar-refractivity contribution is -0.192. The number of aliphatic carboxylic acids is 1. The molecule has 0 spiro atoms. The van der Waals surface area contributed by atoms with E-state index in [4.69, 9.17) is 9.90 Å². The highest BCUT2D eigenvalue weighted by atomic mass is 32.2. The van der Waals surface area contributed by atoms with E-state index in [1.54, 1.807) is 48.5 Å². The molecule has 1 saturated heterocycles. The fourth-order valence-electron chi connectivity index (χ4n) is 4.99. The van der Waals surface area contributed by atoms with Crippen LogP contribution in [0.5, 0.6) is 0 Å². The molecule has 1 amide bonds. The van der Waals surface area contributed by atoms with Gasteiger partial charge < -0.3 is 10.1 Å². The van der Waals surface area contributed by atoms with E-state index >= 15 is 0 Å². The van der Waals surface area contributed by atoms with Gasteiger partial charge >= 0.3 is 12.1 Å². The molecule has 5 aromatic rings. The van der Waals surface area contributed by atoms with Crippen molar-refractivity contribution in [1.29, 1.82) is 0 Å². The number of fused-ring (bicyclic) bond motifs is 1. The van der Waals surface area contributed by atoms with Gasteiger partial charge in [0, 0.05) is 0 Å². The first-order valence-corrected chi connectivity index (χ1v) is 17.2. The molecule has 2 atom stereocenters. The lowest BCUT2D eigenvalue weighted by Crippen LogP contribution is -2.31. The molecule has 1 fully saturated rings. The Morgan fingerprint density at radius 1 is 0.917 bits per heavy atom. The van der Waals surface area contributed by atoms with Gasteiger partial charge in [-0.2, -0.15) is 13.2 Å². The van der Waals surface area contributed by atoms with Crippen molar-refractivity contribution in [2.24, 2.45) is 0 Å². The summed E-state index contributed by atoms with van der Waals surface area (Å²) in [4.78, 5) is 28.5. The Balaban J connectivity index is 0.000000582. The van der Waals surface area contributed by atoms with Crippen molar-refractivity contribution >= 4 is 43.0 Å². The van der Waals surface area contributed by atoms with Gasteiger partial charge in [-0.15, -0.1) is 0 Å². The minimum absolute atomic E-state index is 0.122. The maximum absolute atomic E-state index is 13.5. The van der Waals surface area contributed by atoms with Crippen LogP contribution in [0.4, 0.5) is 13.2 Å². The fraction of sp³-hybridized carbons (Fsp3) is 0.156. The summed E-state index contributed by atoms with van der Waals surface area (Å²) in [7, 11) is -7.71. The number of imidazole rings is 1. The third-order valence-corrected chi connectivity index (χ3v) is 10.5. The van der Waals surface area contributed by atoms with Crippen LogP contribution in [0.25, 0.3) is 22.2 Å². The third kappa shape index (κ3) is 8.07. The molecular formula is C32H27F3N4O7S2. The molecule has 6 rings (SSSR count). The van der Waals surface area contributed by atoms with Crippen LogP contribution in [0.2, 0.25) is 0 Å². The highest BCUT2D eigenvalue weighted by molar-refractivity contribution is 7.90. The largest absolute Gasteiger partial charge is 0.490 e. The topological polar surface area (TPSA) is 175 Å². The molecule has 1 aliphatic heterocycles. The average molecular weight is 701 g/mol. The minimum atomic E-state index is -5.08. The van der Waals surface area contributed by atoms with Crippen LogP contribution in [0, 0.1) is 0 Å². The lowest BCUT2D eigenvalue weighted by atomic mass is 10.0. The number of nitrogens with one attached hydrogen (secondary N) is 3. The van der Waals surface area contributed by atoms with Gasteiger partial charge in [-0.3, -0.25) is 9.52 Å². The Hall–Kier alpha value is -5.06. The number of hydrogen-bond donors (Lipinski definition) is 4. The maximum atomic E-state index is 13.5. The zero-order chi connectivity index (χ0) is 34.7. The second-order valence-electron chi connectivity index (χ2n) is 10.7. The predicted octanol–water partition coefficient (Wildman–Crippen LogP) is 5.02. The quantitative estimate of drug-likeness (QED) is 0.175. The van der Waals surface area contributed by atoms with Gasteiger partial charge in [0.1, 0.15) is 11.1 Å². The number of alkyl halides is 3. The summed E-state index contributed by atoms with van der Waals surface area (Å²) in [6, 6.07) is 29.9. The lowest BCUT2D eigenvalue weighted by Gasteiger charge is -2.18. The number of carbonyl (C=O) groups excluding carboxylic acids is 1. The molecule has 0 bridgehead atoms. The number of sulfonamides is 2. The highest BCUT2D eigenvalue weighted by Gasteiger charge is 2.39. The number of hydrogen-bond acceptors (Lipinski definition) is 7. The van der Waals surface area contributed by atoms with Gasteiger partial charge in [-0.25, -0.2) is 31.3 Å². The molecule has 0 aliphatic carbocycles. The number of benzene rings is 4. The highest BCUT2D eigenvalue weighted by Crippen LogP contribution is 2.31. The van der Waals surface area contributed by atoms with Gasteiger partial charge in [0.15, 0.2) is 0 Å². The number of rotatable bonds is 8. The van der Waals surface area contributed by atoms with Crippen molar-refractivity contribution in [3.8, 4) is 11.1 Å². The van der Waals surface area contributed by atoms with Crippen LogP contribution < -0.4 is 9.44 Å². The molecule has 0 radical (unpaired) electrons. The average Bonchev–Trinajstić information content (AvgIpc) is 3.60. The predicted molar refractivity (Wildman–Crippen MR) is 169 cm³/mol. The molecule has 48 heavy (non-hydrogen) atoms. The van der Waals surface area contributed by atoms with E-state index in [1.807, 2.05) is 59.3 Å². The van der Waals surface area contributed by atoms with Crippen LogP contribution in [-0.4, -0.2) is 50.0 Å². The van der Waals surface area contributed by atoms with Gasteiger partial charge in [0.25, 0.3) is 0 Å². The first-order chi connectivity index (χ1) is 22.6. The standard InChI is InChI=1S/C30H26N4O5S2.C2HF3O2/c35-29-19-28(41(38,39)34-29)23-12-10-20(11-13-23)18-27(30-31-25-8-4-5-9-26(25)32-30)33-40(36,37)24-16-14-22(15-17-24)21-6-2-1-3-7-21;3-2(4,5)1(6)7/h1-17,27-28,33H,18-19H2,(H,31,32)(H,34,35);(H,6,7)/t27-,28-;/m0./s1. The van der Waals surface area contributed by atoms with E-state index in [0.29, 0.717) is 16.9 Å². The van der Waals surface area contributed by atoms with Crippen molar-refractivity contribution in [2.75, 3.05) is 0 Å². The van der Waals surface area contributed by atoms with Crippen LogP contribution in [-0.2, 0) is 36.1 Å². The number of carboxylic acids is 1. The number of para-hydroxylation sites is 2. The molecule has 0 unspecified atom stereocenters. The normalized spacial score (nSPS) is 16.5. The SMILES string of the molecule is O=C(O)C(F)(F)F.O=C1C[C@@H](c2ccc(C[C@H](NS(=O)(=O)c3ccc(-c4ccccc4)cc3)c3nc4ccccc4[nH]3)cc2)S(=O)(=O)N1. The van der Waals surface area contributed by atoms with Crippen molar-refractivity contribution in [3.05, 3.63) is 120 Å². The summed E-state index contributed by atoms with van der Waals surface area (Å²) in [5.74, 6) is -2.84. The van der Waals surface area contributed by atoms with Crippen LogP contribution >= 0.6 is 0 Å². The van der Waals surface area contributed by atoms with Crippen molar-refractivity contribution < 1.29 is 44.7 Å². The summed E-state index contributed by atoms with van der Waals surface area (Å²) in [6.45, 7) is 0. The van der Waals surface area contributed by atoms with Crippen LogP contribution in [0.15, 0.2) is 108 Å². The number of aromatic amines is 1. The number of carbonyl (C=O) groups is 2. The number of aromatic nitrogens is 2. The minimum Gasteiger partial charge on any atom is -0.475 e. The van der Waals surface area contributed by atoms with Crippen molar-refractivity contribution in [2.45, 2.75) is 35.2 Å². The summed E-state index contributed by atoms with van der Waals surface area (Å²) in [6.07, 6.45) is -4.97. The molecular weight excluding hydrogens is 674 g/mol. The van der Waals surface area contributed by atoms with Crippen LogP contribution in [0.3, 0.4) is 0 Å². The van der Waals surface area contributed by atoms with Crippen LogP contribution in [0.1, 0.15) is 34.7 Å². The summed E-state index contributed by atoms with van der Waals surface area (Å²) in [5, 5.41) is 6.17. The molecule has 11 nitrogen and oxygen atoms in total. The Labute approximate surface area is 273 Å².